The van der Waals surface area contributed by atoms with E-state index in [1.807, 2.05) is 24.3 Å². The second kappa shape index (κ2) is 8.02. The lowest BCUT2D eigenvalue weighted by Crippen LogP contribution is -2.86. The lowest BCUT2D eigenvalue weighted by molar-refractivity contribution is -0.682. The average Bonchev–Trinajstić information content (AvgIpc) is 2.53. The first-order valence-corrected chi connectivity index (χ1v) is 8.05. The molecule has 2 rings (SSSR count). The summed E-state index contributed by atoms with van der Waals surface area (Å²) in [6.45, 7) is 6.15. The largest absolute Gasteiger partial charge is 0.332 e. The van der Waals surface area contributed by atoms with E-state index in [1.165, 1.54) is 17.7 Å². The second-order valence-corrected chi connectivity index (χ2v) is 6.22. The first-order valence-electron chi connectivity index (χ1n) is 8.05. The molecule has 0 spiro atoms. The van der Waals surface area contributed by atoms with Crippen LogP contribution in [0.2, 0.25) is 0 Å². The fourth-order valence-electron chi connectivity index (χ4n) is 2.44. The molecule has 0 saturated heterocycles. The van der Waals surface area contributed by atoms with Gasteiger partial charge in [-0.1, -0.05) is 26.0 Å². The SMILES string of the molecule is CC(C)c1ccc(NC(=O)C[NH2+][C@H](C)c2ccc(F)cc2F)cc1. The number of hydrogen-bond acceptors (Lipinski definition) is 1. The first-order chi connectivity index (χ1) is 11.4. The van der Waals surface area contributed by atoms with Crippen molar-refractivity contribution in [2.45, 2.75) is 32.7 Å². The van der Waals surface area contributed by atoms with Crippen LogP contribution < -0.4 is 10.6 Å². The number of amides is 1. The molecule has 1 amide bonds. The Kier molecular flexibility index (Phi) is 6.04. The highest BCUT2D eigenvalue weighted by atomic mass is 19.1. The number of benzene rings is 2. The van der Waals surface area contributed by atoms with E-state index in [-0.39, 0.29) is 18.5 Å². The Balaban J connectivity index is 1.88. The van der Waals surface area contributed by atoms with Crippen LogP contribution in [0.4, 0.5) is 14.5 Å². The zero-order valence-electron chi connectivity index (χ0n) is 14.1. The van der Waals surface area contributed by atoms with Gasteiger partial charge in [0.15, 0.2) is 6.54 Å². The van der Waals surface area contributed by atoms with E-state index in [9.17, 15) is 13.6 Å². The number of nitrogens with one attached hydrogen (secondary N) is 1. The third-order valence-corrected chi connectivity index (χ3v) is 3.97. The number of carbonyl (C=O) groups excluding carboxylic acids is 1. The average molecular weight is 333 g/mol. The zero-order chi connectivity index (χ0) is 17.7. The molecule has 0 fully saturated rings. The summed E-state index contributed by atoms with van der Waals surface area (Å²) in [7, 11) is 0. The molecule has 0 unspecified atom stereocenters. The van der Waals surface area contributed by atoms with Gasteiger partial charge in [-0.05, 0) is 42.7 Å². The Morgan fingerprint density at radius 1 is 1.08 bits per heavy atom. The van der Waals surface area contributed by atoms with E-state index in [2.05, 4.69) is 19.2 Å². The molecule has 0 aliphatic heterocycles. The maximum absolute atomic E-state index is 13.7. The molecule has 2 aromatic rings. The molecule has 0 bridgehead atoms. The van der Waals surface area contributed by atoms with Crippen molar-refractivity contribution >= 4 is 11.6 Å². The number of carbonyl (C=O) groups is 1. The predicted octanol–water partition coefficient (Wildman–Crippen LogP) is 3.35. The van der Waals surface area contributed by atoms with Crippen molar-refractivity contribution in [1.82, 2.24) is 0 Å². The van der Waals surface area contributed by atoms with Gasteiger partial charge in [-0.25, -0.2) is 8.78 Å². The lowest BCUT2D eigenvalue weighted by atomic mass is 10.0. The third-order valence-electron chi connectivity index (χ3n) is 3.97. The van der Waals surface area contributed by atoms with E-state index in [0.29, 0.717) is 11.5 Å². The van der Waals surface area contributed by atoms with Crippen molar-refractivity contribution in [2.24, 2.45) is 0 Å². The maximum Gasteiger partial charge on any atom is 0.279 e. The lowest BCUT2D eigenvalue weighted by Gasteiger charge is -2.12. The van der Waals surface area contributed by atoms with E-state index in [4.69, 9.17) is 0 Å². The summed E-state index contributed by atoms with van der Waals surface area (Å²) in [5.74, 6) is -0.925. The molecule has 0 aromatic heterocycles. The Bertz CT molecular complexity index is 699. The van der Waals surface area contributed by atoms with Crippen LogP contribution in [-0.4, -0.2) is 12.5 Å². The Morgan fingerprint density at radius 3 is 2.33 bits per heavy atom. The van der Waals surface area contributed by atoms with Gasteiger partial charge in [0.25, 0.3) is 5.91 Å². The van der Waals surface area contributed by atoms with Gasteiger partial charge in [-0.3, -0.25) is 4.79 Å². The molecule has 0 radical (unpaired) electrons. The highest BCUT2D eigenvalue weighted by Gasteiger charge is 2.16. The van der Waals surface area contributed by atoms with Crippen molar-refractivity contribution in [3.63, 3.8) is 0 Å². The Morgan fingerprint density at radius 2 is 1.75 bits per heavy atom. The van der Waals surface area contributed by atoms with E-state index >= 15 is 0 Å². The van der Waals surface area contributed by atoms with Gasteiger partial charge in [0.2, 0.25) is 0 Å². The monoisotopic (exact) mass is 333 g/mol. The normalized spacial score (nSPS) is 12.2. The quantitative estimate of drug-likeness (QED) is 0.837. The zero-order valence-corrected chi connectivity index (χ0v) is 14.1. The Labute approximate surface area is 141 Å². The molecule has 1 atom stereocenters. The van der Waals surface area contributed by atoms with Crippen LogP contribution in [-0.2, 0) is 4.79 Å². The number of rotatable bonds is 6. The van der Waals surface area contributed by atoms with Crippen LogP contribution in [0.1, 0.15) is 43.9 Å². The summed E-state index contributed by atoms with van der Waals surface area (Å²) in [6.07, 6.45) is 0. The number of nitrogens with two attached hydrogens (primary N) is 1. The van der Waals surface area contributed by atoms with Crippen LogP contribution in [0.5, 0.6) is 0 Å². The Hall–Kier alpha value is -2.27. The molecule has 0 saturated carbocycles. The number of halogens is 2. The molecule has 0 aliphatic carbocycles. The van der Waals surface area contributed by atoms with E-state index < -0.39 is 11.6 Å². The smallest absolute Gasteiger partial charge is 0.279 e. The van der Waals surface area contributed by atoms with Gasteiger partial charge in [-0.15, -0.1) is 0 Å². The summed E-state index contributed by atoms with van der Waals surface area (Å²) in [6, 6.07) is 10.9. The summed E-state index contributed by atoms with van der Waals surface area (Å²) in [5.41, 5.74) is 2.32. The summed E-state index contributed by atoms with van der Waals surface area (Å²) >= 11 is 0. The molecule has 0 aliphatic rings. The van der Waals surface area contributed by atoms with Gasteiger partial charge in [0, 0.05) is 17.3 Å². The third kappa shape index (κ3) is 4.86. The molecule has 5 heteroatoms. The van der Waals surface area contributed by atoms with Gasteiger partial charge in [-0.2, -0.15) is 0 Å². The van der Waals surface area contributed by atoms with Crippen molar-refractivity contribution < 1.29 is 18.9 Å². The minimum absolute atomic E-state index is 0.157. The van der Waals surface area contributed by atoms with Crippen molar-refractivity contribution in [3.8, 4) is 0 Å². The summed E-state index contributed by atoms with van der Waals surface area (Å²) < 4.78 is 26.6. The van der Waals surface area contributed by atoms with Gasteiger partial charge >= 0.3 is 0 Å². The van der Waals surface area contributed by atoms with Crippen LogP contribution in [0.15, 0.2) is 42.5 Å². The number of anilines is 1. The highest BCUT2D eigenvalue weighted by molar-refractivity contribution is 5.91. The molecule has 3 N–H and O–H groups in total. The summed E-state index contributed by atoms with van der Waals surface area (Å²) in [4.78, 5) is 12.0. The van der Waals surface area contributed by atoms with Gasteiger partial charge < -0.3 is 10.6 Å². The number of hydrogen-bond donors (Lipinski definition) is 2. The van der Waals surface area contributed by atoms with Crippen molar-refractivity contribution in [1.29, 1.82) is 0 Å². The highest BCUT2D eigenvalue weighted by Crippen LogP contribution is 2.17. The molecule has 128 valence electrons. The molecular weight excluding hydrogens is 310 g/mol. The van der Waals surface area contributed by atoms with Crippen LogP contribution in [0, 0.1) is 11.6 Å². The fourth-order valence-corrected chi connectivity index (χ4v) is 2.44. The maximum atomic E-state index is 13.7. The van der Waals surface area contributed by atoms with Gasteiger partial charge in [0.05, 0.1) is 0 Å². The van der Waals surface area contributed by atoms with Crippen molar-refractivity contribution in [3.05, 3.63) is 65.2 Å². The second-order valence-electron chi connectivity index (χ2n) is 6.22. The van der Waals surface area contributed by atoms with Crippen LogP contribution in [0.3, 0.4) is 0 Å². The fraction of sp³-hybridized carbons (Fsp3) is 0.316. The standard InChI is InChI=1S/C19H22F2N2O/c1-12(2)14-4-7-16(8-5-14)23-19(24)11-22-13(3)17-9-6-15(20)10-18(17)21/h4-10,12-13,22H,11H2,1-3H3,(H,23,24)/p+1/t13-/m1/s1. The van der Waals surface area contributed by atoms with Crippen LogP contribution in [0.25, 0.3) is 0 Å². The minimum atomic E-state index is -0.606. The molecule has 2 aromatic carbocycles. The van der Waals surface area contributed by atoms with Crippen LogP contribution >= 0.6 is 0 Å². The van der Waals surface area contributed by atoms with E-state index in [0.717, 1.165) is 11.8 Å². The molecule has 3 nitrogen and oxygen atoms in total. The molecule has 0 heterocycles. The topological polar surface area (TPSA) is 45.7 Å². The minimum Gasteiger partial charge on any atom is -0.332 e. The first kappa shape index (κ1) is 18.1. The summed E-state index contributed by atoms with van der Waals surface area (Å²) in [5, 5.41) is 4.53. The number of quaternary nitrogens is 1. The molecule has 24 heavy (non-hydrogen) atoms. The van der Waals surface area contributed by atoms with Gasteiger partial charge in [0.1, 0.15) is 17.7 Å². The predicted molar refractivity (Wildman–Crippen MR) is 90.7 cm³/mol. The molecular formula is C19H23F2N2O+. The van der Waals surface area contributed by atoms with Crippen molar-refractivity contribution in [2.75, 3.05) is 11.9 Å². The van der Waals surface area contributed by atoms with E-state index in [1.54, 1.807) is 12.2 Å².